The molecule has 2 aromatic rings. The van der Waals surface area contributed by atoms with Crippen molar-refractivity contribution < 1.29 is 14.6 Å². The largest absolute Gasteiger partial charge is 0.511 e. The summed E-state index contributed by atoms with van der Waals surface area (Å²) in [7, 11) is 2.14. The van der Waals surface area contributed by atoms with E-state index in [-0.39, 0.29) is 5.76 Å². The minimum Gasteiger partial charge on any atom is -0.511 e. The number of benzene rings is 2. The van der Waals surface area contributed by atoms with E-state index in [1.165, 1.54) is 11.8 Å². The van der Waals surface area contributed by atoms with Crippen molar-refractivity contribution in [3.05, 3.63) is 82.5 Å². The van der Waals surface area contributed by atoms with E-state index in [9.17, 15) is 9.90 Å². The first-order chi connectivity index (χ1) is 15.1. The lowest BCUT2D eigenvalue weighted by Gasteiger charge is -2.40. The maximum Gasteiger partial charge on any atom is 0.348 e. The molecule has 0 aliphatic carbocycles. The first-order valence-electron chi connectivity index (χ1n) is 10.8. The molecule has 0 spiro atoms. The number of aliphatic hydroxyl groups excluding tert-OH is 1. The fourth-order valence-corrected chi connectivity index (χ4v) is 5.10. The molecule has 2 aliphatic rings. The standard InChI is InChI=1S/C25H30N2O3S/c1-26-14-16-27(17-15-26)13-12-25(21-10-6-3-7-11-21)18-22(28)23(24(29)30-25)31-19-20-8-4-2-5-9-20/h2-11,28H,12-19H2,1H3. The SMILES string of the molecule is CN1CCN(CCC2(c3ccccc3)CC(O)=C(SCc3ccccc3)C(=O)O2)CC1. The Kier molecular flexibility index (Phi) is 7.00. The highest BCUT2D eigenvalue weighted by Gasteiger charge is 2.43. The van der Waals surface area contributed by atoms with Gasteiger partial charge in [0.2, 0.25) is 0 Å². The van der Waals surface area contributed by atoms with Crippen LogP contribution in [0.15, 0.2) is 71.3 Å². The zero-order chi connectivity index (χ0) is 21.7. The summed E-state index contributed by atoms with van der Waals surface area (Å²) in [5.74, 6) is 0.334. The number of aliphatic hydroxyl groups is 1. The van der Waals surface area contributed by atoms with E-state index in [2.05, 4.69) is 16.8 Å². The molecule has 6 heteroatoms. The molecule has 4 rings (SSSR count). The number of thioether (sulfide) groups is 1. The van der Waals surface area contributed by atoms with Gasteiger partial charge in [-0.2, -0.15) is 0 Å². The minimum absolute atomic E-state index is 0.138. The fraction of sp³-hybridized carbons (Fsp3) is 0.400. The monoisotopic (exact) mass is 438 g/mol. The molecule has 0 saturated carbocycles. The maximum absolute atomic E-state index is 13.0. The summed E-state index contributed by atoms with van der Waals surface area (Å²) < 4.78 is 6.13. The quantitative estimate of drug-likeness (QED) is 0.655. The van der Waals surface area contributed by atoms with Crippen LogP contribution in [0.1, 0.15) is 24.0 Å². The molecular formula is C25H30N2O3S. The van der Waals surface area contributed by atoms with Gasteiger partial charge in [0.25, 0.3) is 0 Å². The third-order valence-corrected chi connectivity index (χ3v) is 7.31. The average Bonchev–Trinajstić information content (AvgIpc) is 2.79. The van der Waals surface area contributed by atoms with Gasteiger partial charge in [-0.1, -0.05) is 60.7 Å². The molecule has 0 bridgehead atoms. The number of nitrogens with zero attached hydrogens (tertiary/aromatic N) is 2. The third-order valence-electron chi connectivity index (χ3n) is 6.14. The second kappa shape index (κ2) is 9.90. The molecule has 1 atom stereocenters. The number of carbonyl (C=O) groups excluding carboxylic acids is 1. The zero-order valence-corrected chi connectivity index (χ0v) is 18.8. The molecule has 1 unspecified atom stereocenters. The van der Waals surface area contributed by atoms with E-state index in [4.69, 9.17) is 4.74 Å². The van der Waals surface area contributed by atoms with Crippen LogP contribution in [0.4, 0.5) is 0 Å². The van der Waals surface area contributed by atoms with E-state index in [1.54, 1.807) is 0 Å². The van der Waals surface area contributed by atoms with Crippen molar-refractivity contribution in [3.63, 3.8) is 0 Å². The van der Waals surface area contributed by atoms with E-state index in [0.29, 0.717) is 23.5 Å². The van der Waals surface area contributed by atoms with Crippen molar-refractivity contribution in [1.29, 1.82) is 0 Å². The number of hydrogen-bond acceptors (Lipinski definition) is 6. The molecule has 0 radical (unpaired) electrons. The number of ether oxygens (including phenoxy) is 1. The Balaban J connectivity index is 1.52. The molecular weight excluding hydrogens is 408 g/mol. The van der Waals surface area contributed by atoms with Crippen molar-refractivity contribution in [2.24, 2.45) is 0 Å². The van der Waals surface area contributed by atoms with Crippen molar-refractivity contribution in [1.82, 2.24) is 9.80 Å². The van der Waals surface area contributed by atoms with Crippen molar-refractivity contribution in [2.45, 2.75) is 24.2 Å². The molecule has 1 saturated heterocycles. The lowest BCUT2D eigenvalue weighted by molar-refractivity contribution is -0.160. The highest BCUT2D eigenvalue weighted by Crippen LogP contribution is 2.43. The van der Waals surface area contributed by atoms with E-state index >= 15 is 0 Å². The molecule has 1 fully saturated rings. The van der Waals surface area contributed by atoms with Crippen LogP contribution in [0, 0.1) is 0 Å². The second-order valence-electron chi connectivity index (χ2n) is 8.37. The predicted octanol–water partition coefficient (Wildman–Crippen LogP) is 4.17. The highest BCUT2D eigenvalue weighted by molar-refractivity contribution is 8.03. The molecule has 0 amide bonds. The summed E-state index contributed by atoms with van der Waals surface area (Å²) in [6, 6.07) is 19.8. The summed E-state index contributed by atoms with van der Waals surface area (Å²) in [6.07, 6.45) is 0.973. The number of likely N-dealkylation sites (N-methyl/N-ethyl adjacent to an activating group) is 1. The molecule has 5 nitrogen and oxygen atoms in total. The fourth-order valence-electron chi connectivity index (χ4n) is 4.20. The molecule has 2 aliphatic heterocycles. The number of carbonyl (C=O) groups is 1. The minimum atomic E-state index is -0.831. The zero-order valence-electron chi connectivity index (χ0n) is 18.0. The van der Waals surface area contributed by atoms with Gasteiger partial charge in [-0.3, -0.25) is 0 Å². The van der Waals surface area contributed by atoms with E-state index in [0.717, 1.165) is 43.9 Å². The highest BCUT2D eigenvalue weighted by atomic mass is 32.2. The Morgan fingerprint density at radius 2 is 1.65 bits per heavy atom. The van der Waals surface area contributed by atoms with E-state index in [1.807, 2.05) is 60.7 Å². The van der Waals surface area contributed by atoms with Crippen LogP contribution in [0.5, 0.6) is 0 Å². The van der Waals surface area contributed by atoms with Gasteiger partial charge in [-0.25, -0.2) is 4.79 Å². The van der Waals surface area contributed by atoms with Gasteiger partial charge in [0.1, 0.15) is 16.3 Å². The Bertz CT molecular complexity index is 911. The van der Waals surface area contributed by atoms with E-state index < -0.39 is 11.6 Å². The average molecular weight is 439 g/mol. The second-order valence-corrected chi connectivity index (χ2v) is 9.36. The molecule has 31 heavy (non-hydrogen) atoms. The summed E-state index contributed by atoms with van der Waals surface area (Å²) >= 11 is 1.35. The van der Waals surface area contributed by atoms with Crippen LogP contribution in [0.2, 0.25) is 0 Å². The Morgan fingerprint density at radius 1 is 1.00 bits per heavy atom. The van der Waals surface area contributed by atoms with Crippen LogP contribution in [-0.2, 0) is 20.9 Å². The summed E-state index contributed by atoms with van der Waals surface area (Å²) in [5.41, 5.74) is 1.22. The van der Waals surface area contributed by atoms with Crippen molar-refractivity contribution in [3.8, 4) is 0 Å². The Morgan fingerprint density at radius 3 is 2.29 bits per heavy atom. The predicted molar refractivity (Wildman–Crippen MR) is 125 cm³/mol. The van der Waals surface area contributed by atoms with Gasteiger partial charge < -0.3 is 19.6 Å². The van der Waals surface area contributed by atoms with Crippen LogP contribution in [0.3, 0.4) is 0 Å². The summed E-state index contributed by atoms with van der Waals surface area (Å²) in [6.45, 7) is 4.94. The van der Waals surface area contributed by atoms with Crippen LogP contribution >= 0.6 is 11.8 Å². The van der Waals surface area contributed by atoms with Crippen molar-refractivity contribution in [2.75, 3.05) is 39.8 Å². The van der Waals surface area contributed by atoms with Crippen LogP contribution in [0.25, 0.3) is 0 Å². The molecule has 164 valence electrons. The van der Waals surface area contributed by atoms with Gasteiger partial charge in [-0.15, -0.1) is 11.8 Å². The number of rotatable bonds is 7. The Hall–Kier alpha value is -2.28. The smallest absolute Gasteiger partial charge is 0.348 e. The lowest BCUT2D eigenvalue weighted by atomic mass is 9.84. The van der Waals surface area contributed by atoms with Crippen LogP contribution in [-0.4, -0.2) is 60.6 Å². The first-order valence-corrected chi connectivity index (χ1v) is 11.8. The third kappa shape index (κ3) is 5.32. The Labute approximate surface area is 188 Å². The number of cyclic esters (lactones) is 1. The normalized spacial score (nSPS) is 23.1. The van der Waals surface area contributed by atoms with Gasteiger partial charge >= 0.3 is 5.97 Å². The number of piperazine rings is 1. The van der Waals surface area contributed by atoms with Gasteiger partial charge in [-0.05, 0) is 18.2 Å². The number of hydrogen-bond donors (Lipinski definition) is 1. The van der Waals surface area contributed by atoms with Gasteiger partial charge in [0, 0.05) is 44.9 Å². The maximum atomic E-state index is 13.0. The number of esters is 1. The lowest BCUT2D eigenvalue weighted by Crippen LogP contribution is -2.47. The molecule has 0 aromatic heterocycles. The summed E-state index contributed by atoms with van der Waals surface area (Å²) in [5, 5.41) is 10.9. The summed E-state index contributed by atoms with van der Waals surface area (Å²) in [4.78, 5) is 18.1. The van der Waals surface area contributed by atoms with Crippen molar-refractivity contribution >= 4 is 17.7 Å². The molecule has 2 heterocycles. The van der Waals surface area contributed by atoms with Gasteiger partial charge in [0.05, 0.1) is 6.42 Å². The van der Waals surface area contributed by atoms with Gasteiger partial charge in [0.15, 0.2) is 0 Å². The molecule has 2 aromatic carbocycles. The first kappa shape index (κ1) is 21.9. The molecule has 1 N–H and O–H groups in total. The topological polar surface area (TPSA) is 53.0 Å². The van der Waals surface area contributed by atoms with Crippen LogP contribution < -0.4 is 0 Å².